The van der Waals surface area contributed by atoms with Gasteiger partial charge >= 0.3 is 0 Å². The van der Waals surface area contributed by atoms with Crippen LogP contribution in [0.4, 0.5) is 0 Å². The van der Waals surface area contributed by atoms with Crippen LogP contribution >= 0.6 is 0 Å². The highest BCUT2D eigenvalue weighted by Crippen LogP contribution is 2.48. The van der Waals surface area contributed by atoms with E-state index < -0.39 is 0 Å². The minimum atomic E-state index is 0.661. The molecule has 1 aliphatic rings. The van der Waals surface area contributed by atoms with E-state index in [1.807, 2.05) is 36.4 Å². The van der Waals surface area contributed by atoms with E-state index >= 15 is 0 Å². The summed E-state index contributed by atoms with van der Waals surface area (Å²) in [7, 11) is 0. The first-order chi connectivity index (χ1) is 19.8. The monoisotopic (exact) mass is 509 g/mol. The van der Waals surface area contributed by atoms with Gasteiger partial charge in [0.25, 0.3) is 0 Å². The van der Waals surface area contributed by atoms with Crippen LogP contribution in [0.2, 0.25) is 0 Å². The third kappa shape index (κ3) is 3.71. The number of rotatable bonds is 4. The summed E-state index contributed by atoms with van der Waals surface area (Å²) >= 11 is 0. The van der Waals surface area contributed by atoms with Gasteiger partial charge in [0, 0.05) is 16.7 Å². The van der Waals surface area contributed by atoms with E-state index in [1.165, 1.54) is 38.6 Å². The molecule has 0 atom stereocenters. The molecule has 1 heterocycles. The second-order valence-electron chi connectivity index (χ2n) is 10.1. The van der Waals surface area contributed by atoms with Crippen LogP contribution in [-0.2, 0) is 0 Å². The quantitative estimate of drug-likeness (QED) is 0.237. The highest BCUT2D eigenvalue weighted by atomic mass is 15.0. The molecule has 6 aromatic carbocycles. The van der Waals surface area contributed by atoms with Crippen molar-refractivity contribution in [2.45, 2.75) is 0 Å². The van der Waals surface area contributed by atoms with Gasteiger partial charge < -0.3 is 0 Å². The van der Waals surface area contributed by atoms with Gasteiger partial charge in [-0.3, -0.25) is 0 Å². The number of aromatic nitrogens is 3. The van der Waals surface area contributed by atoms with E-state index in [4.69, 9.17) is 15.0 Å². The zero-order valence-electron chi connectivity index (χ0n) is 21.6. The molecular formula is C37H23N3. The van der Waals surface area contributed by atoms with Crippen molar-refractivity contribution >= 4 is 10.8 Å². The Hall–Kier alpha value is -5.41. The second kappa shape index (κ2) is 9.11. The third-order valence-corrected chi connectivity index (χ3v) is 7.66. The predicted octanol–water partition coefficient (Wildman–Crippen LogP) is 9.34. The van der Waals surface area contributed by atoms with E-state index in [0.717, 1.165) is 22.3 Å². The van der Waals surface area contributed by atoms with Gasteiger partial charge in [0.15, 0.2) is 17.5 Å². The van der Waals surface area contributed by atoms with Crippen LogP contribution in [0.5, 0.6) is 0 Å². The van der Waals surface area contributed by atoms with Crippen molar-refractivity contribution in [3.63, 3.8) is 0 Å². The summed E-state index contributed by atoms with van der Waals surface area (Å²) in [5.41, 5.74) is 10.3. The van der Waals surface area contributed by atoms with Gasteiger partial charge in [-0.1, -0.05) is 127 Å². The smallest absolute Gasteiger partial charge is 0.164 e. The van der Waals surface area contributed by atoms with Crippen molar-refractivity contribution in [1.82, 2.24) is 15.0 Å². The van der Waals surface area contributed by atoms with Gasteiger partial charge in [0.05, 0.1) is 0 Å². The first-order valence-corrected chi connectivity index (χ1v) is 13.5. The van der Waals surface area contributed by atoms with Gasteiger partial charge in [-0.05, 0) is 56.3 Å². The fourth-order valence-electron chi connectivity index (χ4n) is 5.74. The van der Waals surface area contributed by atoms with Gasteiger partial charge in [0.1, 0.15) is 0 Å². The third-order valence-electron chi connectivity index (χ3n) is 7.66. The molecule has 8 rings (SSSR count). The van der Waals surface area contributed by atoms with Crippen molar-refractivity contribution in [3.05, 3.63) is 140 Å². The standard InChI is InChI=1S/C37H23N3/c1-3-10-24(11-4-1)25-18-20-27(21-19-25)36-38-35(26-12-5-2-6-13-26)39-37(40-36)29-22-28-14-9-17-32-30-15-7-8-16-31(30)33(23-29)34(28)32/h1-23H. The number of hydrogen-bond donors (Lipinski definition) is 0. The highest BCUT2D eigenvalue weighted by Gasteiger charge is 2.22. The van der Waals surface area contributed by atoms with Gasteiger partial charge in [-0.25, -0.2) is 15.0 Å². The fraction of sp³-hybridized carbons (Fsp3) is 0. The Labute approximate surface area is 232 Å². The summed E-state index contributed by atoms with van der Waals surface area (Å²) in [6.07, 6.45) is 0. The zero-order valence-corrected chi connectivity index (χ0v) is 21.6. The molecule has 0 amide bonds. The number of benzene rings is 6. The van der Waals surface area contributed by atoms with E-state index in [0.29, 0.717) is 17.5 Å². The minimum absolute atomic E-state index is 0.661. The van der Waals surface area contributed by atoms with Crippen LogP contribution in [0, 0.1) is 0 Å². The van der Waals surface area contributed by atoms with Crippen molar-refractivity contribution in [2.75, 3.05) is 0 Å². The molecule has 1 aliphatic carbocycles. The Morgan fingerprint density at radius 1 is 0.300 bits per heavy atom. The largest absolute Gasteiger partial charge is 0.208 e. The first kappa shape index (κ1) is 22.6. The molecule has 7 aromatic rings. The van der Waals surface area contributed by atoms with Crippen LogP contribution in [0.3, 0.4) is 0 Å². The van der Waals surface area contributed by atoms with Crippen molar-refractivity contribution in [2.24, 2.45) is 0 Å². The molecule has 0 N–H and O–H groups in total. The summed E-state index contributed by atoms with van der Waals surface area (Å²) in [5, 5.41) is 2.48. The lowest BCUT2D eigenvalue weighted by Gasteiger charge is -2.11. The molecule has 0 spiro atoms. The summed E-state index contributed by atoms with van der Waals surface area (Å²) in [6, 6.07) is 48.6. The van der Waals surface area contributed by atoms with Crippen LogP contribution in [0.15, 0.2) is 140 Å². The molecule has 0 aliphatic heterocycles. The summed E-state index contributed by atoms with van der Waals surface area (Å²) in [5.74, 6) is 2.00. The molecule has 0 saturated heterocycles. The van der Waals surface area contributed by atoms with Gasteiger partial charge in [-0.15, -0.1) is 0 Å². The Morgan fingerprint density at radius 2 is 0.775 bits per heavy atom. The summed E-state index contributed by atoms with van der Waals surface area (Å²) in [6.45, 7) is 0. The van der Waals surface area contributed by atoms with Crippen LogP contribution in [0.25, 0.3) is 78.3 Å². The average molecular weight is 510 g/mol. The Kier molecular flexibility index (Phi) is 5.14. The van der Waals surface area contributed by atoms with Gasteiger partial charge in [0.2, 0.25) is 0 Å². The van der Waals surface area contributed by atoms with Crippen molar-refractivity contribution < 1.29 is 0 Å². The summed E-state index contributed by atoms with van der Waals surface area (Å²) in [4.78, 5) is 15.0. The topological polar surface area (TPSA) is 38.7 Å². The molecule has 0 bridgehead atoms. The Morgan fingerprint density at radius 3 is 1.45 bits per heavy atom. The minimum Gasteiger partial charge on any atom is -0.208 e. The fourth-order valence-corrected chi connectivity index (χ4v) is 5.74. The van der Waals surface area contributed by atoms with Crippen molar-refractivity contribution in [1.29, 1.82) is 0 Å². The predicted molar refractivity (Wildman–Crippen MR) is 164 cm³/mol. The van der Waals surface area contributed by atoms with Crippen LogP contribution in [-0.4, -0.2) is 15.0 Å². The van der Waals surface area contributed by atoms with Crippen LogP contribution < -0.4 is 0 Å². The second-order valence-corrected chi connectivity index (χ2v) is 10.1. The van der Waals surface area contributed by atoms with Crippen LogP contribution in [0.1, 0.15) is 0 Å². The van der Waals surface area contributed by atoms with E-state index in [-0.39, 0.29) is 0 Å². The number of hydrogen-bond acceptors (Lipinski definition) is 3. The average Bonchev–Trinajstić information content (AvgIpc) is 3.36. The molecular weight excluding hydrogens is 486 g/mol. The Bertz CT molecular complexity index is 2030. The molecule has 40 heavy (non-hydrogen) atoms. The highest BCUT2D eigenvalue weighted by molar-refractivity contribution is 6.16. The molecule has 0 fully saturated rings. The van der Waals surface area contributed by atoms with Gasteiger partial charge in [-0.2, -0.15) is 0 Å². The molecule has 186 valence electrons. The van der Waals surface area contributed by atoms with Crippen molar-refractivity contribution in [3.8, 4) is 67.5 Å². The molecule has 3 nitrogen and oxygen atoms in total. The number of nitrogens with zero attached hydrogens (tertiary/aromatic N) is 3. The van der Waals surface area contributed by atoms with E-state index in [1.54, 1.807) is 0 Å². The molecule has 3 heteroatoms. The maximum absolute atomic E-state index is 5.03. The lowest BCUT2D eigenvalue weighted by Crippen LogP contribution is -2.00. The SMILES string of the molecule is c1ccc(-c2ccc(-c3nc(-c4ccccc4)nc(-c4cc5c6c(cccc6c4)-c4ccccc4-5)n3)cc2)cc1. The molecule has 0 saturated carbocycles. The van der Waals surface area contributed by atoms with E-state index in [2.05, 4.69) is 103 Å². The molecule has 0 unspecified atom stereocenters. The zero-order chi connectivity index (χ0) is 26.5. The molecule has 0 radical (unpaired) electrons. The summed E-state index contributed by atoms with van der Waals surface area (Å²) < 4.78 is 0. The lowest BCUT2D eigenvalue weighted by molar-refractivity contribution is 1.07. The molecule has 1 aromatic heterocycles. The maximum Gasteiger partial charge on any atom is 0.164 e. The Balaban J connectivity index is 1.31. The normalized spacial score (nSPS) is 11.5. The lowest BCUT2D eigenvalue weighted by atomic mass is 9.99. The first-order valence-electron chi connectivity index (χ1n) is 13.5. The number of fused-ring (bicyclic) bond motifs is 3. The maximum atomic E-state index is 5.03. The van der Waals surface area contributed by atoms with E-state index in [9.17, 15) is 0 Å².